The highest BCUT2D eigenvalue weighted by Crippen LogP contribution is 2.36. The van der Waals surface area contributed by atoms with Crippen LogP contribution in [0.25, 0.3) is 0 Å². The van der Waals surface area contributed by atoms with E-state index in [9.17, 15) is 4.79 Å². The molecule has 7 nitrogen and oxygen atoms in total. The Morgan fingerprint density at radius 2 is 1.83 bits per heavy atom. The highest BCUT2D eigenvalue weighted by Gasteiger charge is 2.29. The van der Waals surface area contributed by atoms with E-state index in [4.69, 9.17) is 14.3 Å². The predicted octanol–water partition coefficient (Wildman–Crippen LogP) is 4.45. The van der Waals surface area contributed by atoms with Crippen LogP contribution in [0.4, 0.5) is 5.69 Å². The SMILES string of the molecule is COc1ccc(N2CCN(CC(=O)NOCC(C)C)CC2Cc2ccccc2)cc1OC1CCCC1. The van der Waals surface area contributed by atoms with Crippen LogP contribution >= 0.6 is 0 Å². The molecule has 0 aromatic heterocycles. The second-order valence-electron chi connectivity index (χ2n) is 10.4. The third kappa shape index (κ3) is 7.37. The summed E-state index contributed by atoms with van der Waals surface area (Å²) in [6, 6.07) is 17.1. The number of nitrogens with one attached hydrogen (secondary N) is 1. The molecule has 0 spiro atoms. The maximum atomic E-state index is 12.5. The van der Waals surface area contributed by atoms with Crippen LogP contribution in [0, 0.1) is 5.92 Å². The molecule has 2 aromatic carbocycles. The summed E-state index contributed by atoms with van der Waals surface area (Å²) in [5.41, 5.74) is 5.02. The van der Waals surface area contributed by atoms with Crippen LogP contribution in [0.15, 0.2) is 48.5 Å². The van der Waals surface area contributed by atoms with Gasteiger partial charge in [-0.05, 0) is 55.7 Å². The quantitative estimate of drug-likeness (QED) is 0.465. The Morgan fingerprint density at radius 3 is 2.56 bits per heavy atom. The number of anilines is 1. The van der Waals surface area contributed by atoms with E-state index in [1.54, 1.807) is 7.11 Å². The number of hydroxylamine groups is 1. The van der Waals surface area contributed by atoms with Crippen molar-refractivity contribution in [1.29, 1.82) is 0 Å². The minimum Gasteiger partial charge on any atom is -0.493 e. The molecule has 7 heteroatoms. The molecule has 1 aliphatic carbocycles. The smallest absolute Gasteiger partial charge is 0.257 e. The van der Waals surface area contributed by atoms with E-state index < -0.39 is 0 Å². The van der Waals surface area contributed by atoms with E-state index in [-0.39, 0.29) is 18.1 Å². The van der Waals surface area contributed by atoms with Gasteiger partial charge in [0.2, 0.25) is 0 Å². The molecule has 1 atom stereocenters. The normalized spacial score (nSPS) is 19.0. The Balaban J connectivity index is 1.48. The van der Waals surface area contributed by atoms with E-state index >= 15 is 0 Å². The van der Waals surface area contributed by atoms with Gasteiger partial charge in [0.05, 0.1) is 26.4 Å². The number of piperazine rings is 1. The van der Waals surface area contributed by atoms with Gasteiger partial charge < -0.3 is 14.4 Å². The molecule has 2 fully saturated rings. The number of ether oxygens (including phenoxy) is 2. The lowest BCUT2D eigenvalue weighted by molar-refractivity contribution is -0.135. The minimum atomic E-state index is -0.0979. The van der Waals surface area contributed by atoms with Crippen molar-refractivity contribution in [2.24, 2.45) is 5.92 Å². The van der Waals surface area contributed by atoms with E-state index in [0.29, 0.717) is 19.1 Å². The molecule has 1 unspecified atom stereocenters. The van der Waals surface area contributed by atoms with Crippen molar-refractivity contribution in [2.75, 3.05) is 44.8 Å². The van der Waals surface area contributed by atoms with Crippen LogP contribution in [0.2, 0.25) is 0 Å². The topological polar surface area (TPSA) is 63.3 Å². The van der Waals surface area contributed by atoms with E-state index in [1.807, 2.05) is 12.1 Å². The van der Waals surface area contributed by atoms with Crippen molar-refractivity contribution in [3.05, 3.63) is 54.1 Å². The van der Waals surface area contributed by atoms with Crippen LogP contribution in [0.1, 0.15) is 45.1 Å². The Morgan fingerprint density at radius 1 is 1.06 bits per heavy atom. The number of hydrogen-bond acceptors (Lipinski definition) is 6. The molecule has 2 aliphatic rings. The Labute approximate surface area is 215 Å². The number of rotatable bonds is 11. The average molecular weight is 496 g/mol. The molecule has 4 rings (SSSR count). The first kappa shape index (κ1) is 26.3. The molecular weight excluding hydrogens is 454 g/mol. The summed E-state index contributed by atoms with van der Waals surface area (Å²) in [6.45, 7) is 7.37. The fraction of sp³-hybridized carbons (Fsp3) is 0.552. The predicted molar refractivity (Wildman–Crippen MR) is 143 cm³/mol. The van der Waals surface area contributed by atoms with Gasteiger partial charge in [-0.25, -0.2) is 5.48 Å². The van der Waals surface area contributed by atoms with Crippen LogP contribution in [-0.2, 0) is 16.1 Å². The highest BCUT2D eigenvalue weighted by molar-refractivity contribution is 5.77. The second-order valence-corrected chi connectivity index (χ2v) is 10.4. The Kier molecular flexibility index (Phi) is 9.47. The lowest BCUT2D eigenvalue weighted by atomic mass is 10.0. The molecular formula is C29H41N3O4. The molecule has 1 N–H and O–H groups in total. The number of carbonyl (C=O) groups is 1. The number of amides is 1. The summed E-state index contributed by atoms with van der Waals surface area (Å²) >= 11 is 0. The number of hydrogen-bond donors (Lipinski definition) is 1. The first-order chi connectivity index (χ1) is 17.5. The van der Waals surface area contributed by atoms with Crippen LogP contribution in [0.5, 0.6) is 11.5 Å². The van der Waals surface area contributed by atoms with Crippen molar-refractivity contribution < 1.29 is 19.1 Å². The summed E-state index contributed by atoms with van der Waals surface area (Å²) in [4.78, 5) is 22.5. The van der Waals surface area contributed by atoms with E-state index in [2.05, 4.69) is 65.5 Å². The first-order valence-corrected chi connectivity index (χ1v) is 13.3. The van der Waals surface area contributed by atoms with Crippen molar-refractivity contribution in [3.8, 4) is 11.5 Å². The van der Waals surface area contributed by atoms with Crippen LogP contribution < -0.4 is 19.9 Å². The third-order valence-corrected chi connectivity index (χ3v) is 6.93. The molecule has 0 bridgehead atoms. The molecule has 196 valence electrons. The molecule has 1 saturated carbocycles. The van der Waals surface area contributed by atoms with Gasteiger partial charge in [-0.3, -0.25) is 14.5 Å². The molecule has 1 saturated heterocycles. The zero-order chi connectivity index (χ0) is 25.3. The van der Waals surface area contributed by atoms with Crippen molar-refractivity contribution in [2.45, 2.75) is 58.1 Å². The maximum absolute atomic E-state index is 12.5. The Hall–Kier alpha value is -2.77. The zero-order valence-electron chi connectivity index (χ0n) is 21.9. The molecule has 0 radical (unpaired) electrons. The number of nitrogens with zero attached hydrogens (tertiary/aromatic N) is 2. The minimum absolute atomic E-state index is 0.0979. The van der Waals surface area contributed by atoms with Gasteiger partial charge >= 0.3 is 0 Å². The molecule has 36 heavy (non-hydrogen) atoms. The first-order valence-electron chi connectivity index (χ1n) is 13.3. The number of benzene rings is 2. The van der Waals surface area contributed by atoms with Crippen molar-refractivity contribution in [1.82, 2.24) is 10.4 Å². The molecule has 1 aliphatic heterocycles. The Bertz CT molecular complexity index is 962. The van der Waals surface area contributed by atoms with Crippen molar-refractivity contribution in [3.63, 3.8) is 0 Å². The summed E-state index contributed by atoms with van der Waals surface area (Å²) < 4.78 is 12.0. The summed E-state index contributed by atoms with van der Waals surface area (Å²) in [7, 11) is 1.70. The lowest BCUT2D eigenvalue weighted by Gasteiger charge is -2.43. The van der Waals surface area contributed by atoms with Gasteiger partial charge in [-0.15, -0.1) is 0 Å². The maximum Gasteiger partial charge on any atom is 0.257 e. The van der Waals surface area contributed by atoms with Gasteiger partial charge in [0.15, 0.2) is 11.5 Å². The van der Waals surface area contributed by atoms with Gasteiger partial charge in [0.1, 0.15) is 0 Å². The monoisotopic (exact) mass is 495 g/mol. The van der Waals surface area contributed by atoms with Crippen LogP contribution in [0.3, 0.4) is 0 Å². The number of carbonyl (C=O) groups excluding carboxylic acids is 1. The largest absolute Gasteiger partial charge is 0.493 e. The summed E-state index contributed by atoms with van der Waals surface area (Å²) in [6.07, 6.45) is 5.82. The summed E-state index contributed by atoms with van der Waals surface area (Å²) in [5.74, 6) is 1.88. The van der Waals surface area contributed by atoms with Crippen molar-refractivity contribution >= 4 is 11.6 Å². The number of methoxy groups -OCH3 is 1. The van der Waals surface area contributed by atoms with E-state index in [0.717, 1.165) is 56.1 Å². The summed E-state index contributed by atoms with van der Waals surface area (Å²) in [5, 5.41) is 0. The lowest BCUT2D eigenvalue weighted by Crippen LogP contribution is -2.56. The van der Waals surface area contributed by atoms with E-state index in [1.165, 1.54) is 18.4 Å². The van der Waals surface area contributed by atoms with Gasteiger partial charge in [0.25, 0.3) is 5.91 Å². The fourth-order valence-corrected chi connectivity index (χ4v) is 5.11. The van der Waals surface area contributed by atoms with Crippen LogP contribution in [-0.4, -0.2) is 62.8 Å². The molecule has 1 amide bonds. The van der Waals surface area contributed by atoms with Gasteiger partial charge in [-0.1, -0.05) is 44.2 Å². The molecule has 2 aromatic rings. The standard InChI is InChI=1S/C29H41N3O4/c1-22(2)21-35-30-29(33)20-31-15-16-32(25(19-31)17-23-9-5-4-6-10-23)24-13-14-27(34-3)28(18-24)36-26-11-7-8-12-26/h4-6,9-10,13-14,18,22,25-26H,7-8,11-12,15-17,19-21H2,1-3H3,(H,30,33). The zero-order valence-corrected chi connectivity index (χ0v) is 21.9. The fourth-order valence-electron chi connectivity index (χ4n) is 5.11. The highest BCUT2D eigenvalue weighted by atomic mass is 16.7. The average Bonchev–Trinajstić information content (AvgIpc) is 3.38. The third-order valence-electron chi connectivity index (χ3n) is 6.93. The molecule has 1 heterocycles. The van der Waals surface area contributed by atoms with Gasteiger partial charge in [-0.2, -0.15) is 0 Å². The van der Waals surface area contributed by atoms with Gasteiger partial charge in [0, 0.05) is 37.4 Å². The second kappa shape index (κ2) is 13.0.